The van der Waals surface area contributed by atoms with Crippen LogP contribution in [0.25, 0.3) is 5.69 Å². The van der Waals surface area contributed by atoms with Crippen molar-refractivity contribution in [2.75, 3.05) is 13.1 Å². The average molecular weight is 388 g/mol. The number of nitrogens with one attached hydrogen (secondary N) is 1. The number of carbonyl (C=O) groups is 2. The highest BCUT2D eigenvalue weighted by Crippen LogP contribution is 2.31. The Morgan fingerprint density at radius 3 is 2.55 bits per heavy atom. The van der Waals surface area contributed by atoms with Crippen LogP contribution in [0.5, 0.6) is 0 Å². The fourth-order valence-corrected chi connectivity index (χ4v) is 3.99. The van der Waals surface area contributed by atoms with Crippen molar-refractivity contribution in [1.82, 2.24) is 20.0 Å². The van der Waals surface area contributed by atoms with Gasteiger partial charge in [-0.2, -0.15) is 5.10 Å². The van der Waals surface area contributed by atoms with E-state index in [9.17, 15) is 9.59 Å². The molecule has 148 valence electrons. The molecule has 3 aromatic rings. The highest BCUT2D eigenvalue weighted by Gasteiger charge is 2.38. The van der Waals surface area contributed by atoms with E-state index in [1.54, 1.807) is 11.0 Å². The van der Waals surface area contributed by atoms with E-state index in [1.165, 1.54) is 0 Å². The van der Waals surface area contributed by atoms with Crippen molar-refractivity contribution in [3.63, 3.8) is 0 Å². The molecule has 29 heavy (non-hydrogen) atoms. The summed E-state index contributed by atoms with van der Waals surface area (Å²) >= 11 is 0. The van der Waals surface area contributed by atoms with Gasteiger partial charge < -0.3 is 10.2 Å². The Balaban J connectivity index is 1.78. The maximum absolute atomic E-state index is 13.3. The summed E-state index contributed by atoms with van der Waals surface area (Å²) in [5.74, 6) is -0.309. The second-order valence-corrected chi connectivity index (χ2v) is 7.39. The van der Waals surface area contributed by atoms with Gasteiger partial charge >= 0.3 is 0 Å². The van der Waals surface area contributed by atoms with Gasteiger partial charge in [0.25, 0.3) is 5.91 Å². The van der Waals surface area contributed by atoms with Crippen molar-refractivity contribution < 1.29 is 9.59 Å². The first-order chi connectivity index (χ1) is 14.0. The lowest BCUT2D eigenvalue weighted by atomic mass is 9.99. The molecule has 2 heterocycles. The molecule has 4 rings (SSSR count). The van der Waals surface area contributed by atoms with Gasteiger partial charge in [0.2, 0.25) is 5.91 Å². The largest absolute Gasteiger partial charge is 0.352 e. The molecular formula is C23H24N4O2. The van der Waals surface area contributed by atoms with E-state index < -0.39 is 6.04 Å². The van der Waals surface area contributed by atoms with Crippen molar-refractivity contribution in [2.45, 2.75) is 26.8 Å². The zero-order valence-corrected chi connectivity index (χ0v) is 16.8. The molecular weight excluding hydrogens is 364 g/mol. The summed E-state index contributed by atoms with van der Waals surface area (Å²) in [5.41, 5.74) is 4.92. The van der Waals surface area contributed by atoms with Crippen molar-refractivity contribution in [1.29, 1.82) is 0 Å². The minimum atomic E-state index is -0.700. The van der Waals surface area contributed by atoms with Crippen LogP contribution < -0.4 is 5.32 Å². The van der Waals surface area contributed by atoms with Crippen LogP contribution in [0.1, 0.15) is 38.9 Å². The second-order valence-electron chi connectivity index (χ2n) is 7.39. The quantitative estimate of drug-likeness (QED) is 0.750. The van der Waals surface area contributed by atoms with Crippen LogP contribution in [0.3, 0.4) is 0 Å². The first-order valence-corrected chi connectivity index (χ1v) is 9.74. The summed E-state index contributed by atoms with van der Waals surface area (Å²) in [7, 11) is 0. The average Bonchev–Trinajstić information content (AvgIpc) is 3.02. The third-order valence-corrected chi connectivity index (χ3v) is 5.36. The highest BCUT2D eigenvalue weighted by atomic mass is 16.2. The van der Waals surface area contributed by atoms with E-state index >= 15 is 0 Å². The molecule has 0 saturated carbocycles. The van der Waals surface area contributed by atoms with Crippen molar-refractivity contribution in [2.24, 2.45) is 0 Å². The van der Waals surface area contributed by atoms with Gasteiger partial charge in [-0.05, 0) is 45.0 Å². The van der Waals surface area contributed by atoms with Crippen molar-refractivity contribution >= 4 is 11.8 Å². The normalized spacial score (nSPS) is 16.6. The van der Waals surface area contributed by atoms with Crippen LogP contribution in [0.4, 0.5) is 0 Å². The molecule has 0 radical (unpaired) electrons. The zero-order chi connectivity index (χ0) is 20.5. The fraction of sp³-hybridized carbons (Fsp3) is 0.261. The van der Waals surface area contributed by atoms with E-state index in [-0.39, 0.29) is 11.8 Å². The summed E-state index contributed by atoms with van der Waals surface area (Å²) in [6.45, 7) is 6.68. The van der Waals surface area contributed by atoms with Gasteiger partial charge in [0.1, 0.15) is 6.04 Å². The summed E-state index contributed by atoms with van der Waals surface area (Å²) in [5, 5.41) is 7.58. The molecule has 6 nitrogen and oxygen atoms in total. The third-order valence-electron chi connectivity index (χ3n) is 5.36. The molecule has 0 unspecified atom stereocenters. The Kier molecular flexibility index (Phi) is 4.92. The molecule has 0 aliphatic carbocycles. The van der Waals surface area contributed by atoms with Gasteiger partial charge in [-0.3, -0.25) is 9.59 Å². The molecule has 0 spiro atoms. The Morgan fingerprint density at radius 2 is 1.83 bits per heavy atom. The van der Waals surface area contributed by atoms with Crippen LogP contribution >= 0.6 is 0 Å². The van der Waals surface area contributed by atoms with Gasteiger partial charge in [0.05, 0.1) is 11.4 Å². The molecule has 1 saturated heterocycles. The van der Waals surface area contributed by atoms with E-state index in [4.69, 9.17) is 0 Å². The maximum Gasteiger partial charge on any atom is 0.254 e. The second kappa shape index (κ2) is 7.54. The molecule has 1 aromatic heterocycles. The summed E-state index contributed by atoms with van der Waals surface area (Å²) < 4.78 is 1.84. The summed E-state index contributed by atoms with van der Waals surface area (Å²) in [6, 6.07) is 16.6. The number of aryl methyl sites for hydroxylation is 2. The molecule has 0 bridgehead atoms. The van der Waals surface area contributed by atoms with Gasteiger partial charge in [-0.15, -0.1) is 0 Å². The van der Waals surface area contributed by atoms with Crippen molar-refractivity contribution in [3.8, 4) is 5.69 Å². The standard InChI is InChI=1S/C23H24N4O2/c1-15-8-7-9-18(14-15)23(29)26-13-12-24-22(28)21(26)20-16(2)25-27(17(20)3)19-10-5-4-6-11-19/h4-11,14,21H,12-13H2,1-3H3,(H,24,28)/t21-/m1/s1. The summed E-state index contributed by atoms with van der Waals surface area (Å²) in [4.78, 5) is 27.9. The number of hydrogen-bond acceptors (Lipinski definition) is 3. The summed E-state index contributed by atoms with van der Waals surface area (Å²) in [6.07, 6.45) is 0. The predicted molar refractivity (Wildman–Crippen MR) is 111 cm³/mol. The number of amides is 2. The number of para-hydroxylation sites is 1. The van der Waals surface area contributed by atoms with Crippen LogP contribution in [-0.2, 0) is 4.79 Å². The maximum atomic E-state index is 13.3. The van der Waals surface area contributed by atoms with Crippen LogP contribution in [0, 0.1) is 20.8 Å². The molecule has 1 fully saturated rings. The highest BCUT2D eigenvalue weighted by molar-refractivity contribution is 5.98. The number of aromatic nitrogens is 2. The van der Waals surface area contributed by atoms with Crippen molar-refractivity contribution in [3.05, 3.63) is 82.7 Å². The molecule has 1 atom stereocenters. The minimum Gasteiger partial charge on any atom is -0.352 e. The Morgan fingerprint density at radius 1 is 1.07 bits per heavy atom. The Bertz CT molecular complexity index is 1070. The Hall–Kier alpha value is -3.41. The lowest BCUT2D eigenvalue weighted by Gasteiger charge is -2.35. The monoisotopic (exact) mass is 388 g/mol. The molecule has 6 heteroatoms. The first-order valence-electron chi connectivity index (χ1n) is 9.74. The van der Waals surface area contributed by atoms with E-state index in [0.717, 1.165) is 28.2 Å². The van der Waals surface area contributed by atoms with Crippen LogP contribution in [0.2, 0.25) is 0 Å². The van der Waals surface area contributed by atoms with E-state index in [2.05, 4.69) is 10.4 Å². The molecule has 2 amide bonds. The molecule has 1 N–H and O–H groups in total. The molecule has 2 aromatic carbocycles. The predicted octanol–water partition coefficient (Wildman–Crippen LogP) is 3.11. The van der Waals surface area contributed by atoms with Gasteiger partial charge in [0, 0.05) is 29.9 Å². The van der Waals surface area contributed by atoms with Gasteiger partial charge in [-0.25, -0.2) is 4.68 Å². The lowest BCUT2D eigenvalue weighted by molar-refractivity contribution is -0.128. The molecule has 1 aliphatic rings. The number of carbonyl (C=O) groups excluding carboxylic acids is 2. The number of rotatable bonds is 3. The topological polar surface area (TPSA) is 67.2 Å². The van der Waals surface area contributed by atoms with E-state index in [0.29, 0.717) is 18.7 Å². The number of piperazine rings is 1. The zero-order valence-electron chi connectivity index (χ0n) is 16.8. The minimum absolute atomic E-state index is 0.139. The van der Waals surface area contributed by atoms with Gasteiger partial charge in [0.15, 0.2) is 0 Å². The first kappa shape index (κ1) is 18.9. The lowest BCUT2D eigenvalue weighted by Crippen LogP contribution is -2.52. The number of hydrogen-bond donors (Lipinski definition) is 1. The van der Waals surface area contributed by atoms with Crippen LogP contribution in [0.15, 0.2) is 54.6 Å². The smallest absolute Gasteiger partial charge is 0.254 e. The number of nitrogens with zero attached hydrogens (tertiary/aromatic N) is 3. The van der Waals surface area contributed by atoms with E-state index in [1.807, 2.05) is 74.0 Å². The SMILES string of the molecule is Cc1cccc(C(=O)N2CCNC(=O)[C@H]2c2c(C)nn(-c3ccccc3)c2C)c1. The Labute approximate surface area is 170 Å². The fourth-order valence-electron chi connectivity index (χ4n) is 3.99. The van der Waals surface area contributed by atoms with Crippen LogP contribution in [-0.4, -0.2) is 39.6 Å². The van der Waals surface area contributed by atoms with Gasteiger partial charge in [-0.1, -0.05) is 35.9 Å². The third kappa shape index (κ3) is 3.42. The molecule has 1 aliphatic heterocycles. The number of benzene rings is 2.